The summed E-state index contributed by atoms with van der Waals surface area (Å²) in [4.78, 5) is 16.6. The zero-order chi connectivity index (χ0) is 16.9. The molecule has 0 atom stereocenters. The summed E-state index contributed by atoms with van der Waals surface area (Å²) in [5.41, 5.74) is 4.16. The highest BCUT2D eigenvalue weighted by Gasteiger charge is 2.06. The van der Waals surface area contributed by atoms with Crippen molar-refractivity contribution in [1.82, 2.24) is 10.3 Å². The number of carbonyl (C=O) groups is 1. The molecule has 1 amide bonds. The van der Waals surface area contributed by atoms with Crippen LogP contribution in [0.15, 0.2) is 53.9 Å². The lowest BCUT2D eigenvalue weighted by molar-refractivity contribution is 0.0951. The van der Waals surface area contributed by atoms with E-state index in [0.29, 0.717) is 17.7 Å². The van der Waals surface area contributed by atoms with Crippen molar-refractivity contribution in [1.29, 1.82) is 5.26 Å². The molecule has 0 spiro atoms. The summed E-state index contributed by atoms with van der Waals surface area (Å²) in [6.45, 7) is 2.44. The van der Waals surface area contributed by atoms with Gasteiger partial charge in [-0.15, -0.1) is 11.3 Å². The summed E-state index contributed by atoms with van der Waals surface area (Å²) in [5.74, 6) is -0.154. The van der Waals surface area contributed by atoms with Gasteiger partial charge in [-0.1, -0.05) is 24.3 Å². The first-order valence-electron chi connectivity index (χ1n) is 7.45. The molecule has 4 nitrogen and oxygen atoms in total. The molecule has 0 aliphatic carbocycles. The smallest absolute Gasteiger partial charge is 0.251 e. The molecule has 0 bridgehead atoms. The molecule has 0 saturated carbocycles. The van der Waals surface area contributed by atoms with E-state index >= 15 is 0 Å². The van der Waals surface area contributed by atoms with Gasteiger partial charge in [-0.25, -0.2) is 4.98 Å². The second-order valence-corrected chi connectivity index (χ2v) is 6.38. The number of rotatable bonds is 4. The summed E-state index contributed by atoms with van der Waals surface area (Å²) >= 11 is 1.63. The standard InChI is InChI=1S/C19H15N3OS/c1-13-22-18(12-24-13)16-6-4-15(5-7-16)11-21-19(23)17-8-2-14(10-20)3-9-17/h2-9,12H,11H2,1H3,(H,21,23). The zero-order valence-corrected chi connectivity index (χ0v) is 13.9. The van der Waals surface area contributed by atoms with Crippen LogP contribution in [0.25, 0.3) is 11.3 Å². The average molecular weight is 333 g/mol. The first kappa shape index (κ1) is 15.9. The van der Waals surface area contributed by atoms with Gasteiger partial charge in [0.25, 0.3) is 5.91 Å². The van der Waals surface area contributed by atoms with Gasteiger partial charge in [0, 0.05) is 23.1 Å². The van der Waals surface area contributed by atoms with Gasteiger partial charge in [0.2, 0.25) is 0 Å². The quantitative estimate of drug-likeness (QED) is 0.787. The Balaban J connectivity index is 1.62. The van der Waals surface area contributed by atoms with E-state index < -0.39 is 0 Å². The second kappa shape index (κ2) is 7.07. The molecule has 5 heteroatoms. The fourth-order valence-corrected chi connectivity index (χ4v) is 2.89. The van der Waals surface area contributed by atoms with Crippen LogP contribution < -0.4 is 5.32 Å². The minimum atomic E-state index is -0.154. The van der Waals surface area contributed by atoms with E-state index in [1.165, 1.54) is 0 Å². The molecule has 24 heavy (non-hydrogen) atoms. The lowest BCUT2D eigenvalue weighted by Gasteiger charge is -2.06. The number of amides is 1. The topological polar surface area (TPSA) is 65.8 Å². The van der Waals surface area contributed by atoms with E-state index in [9.17, 15) is 4.79 Å². The molecule has 0 aliphatic heterocycles. The lowest BCUT2D eigenvalue weighted by Crippen LogP contribution is -2.22. The minimum absolute atomic E-state index is 0.154. The summed E-state index contributed by atoms with van der Waals surface area (Å²) in [6.07, 6.45) is 0. The predicted molar refractivity (Wildman–Crippen MR) is 94.6 cm³/mol. The lowest BCUT2D eigenvalue weighted by atomic mass is 10.1. The number of nitrogens with zero attached hydrogens (tertiary/aromatic N) is 2. The van der Waals surface area contributed by atoms with E-state index in [2.05, 4.69) is 10.3 Å². The van der Waals surface area contributed by atoms with Gasteiger partial charge in [-0.2, -0.15) is 5.26 Å². The van der Waals surface area contributed by atoms with Gasteiger partial charge in [0.05, 0.1) is 22.3 Å². The van der Waals surface area contributed by atoms with Crippen molar-refractivity contribution in [3.8, 4) is 17.3 Å². The fraction of sp³-hybridized carbons (Fsp3) is 0.105. The van der Waals surface area contributed by atoms with E-state index in [0.717, 1.165) is 21.8 Å². The van der Waals surface area contributed by atoms with Crippen molar-refractivity contribution >= 4 is 17.2 Å². The van der Waals surface area contributed by atoms with Crippen LogP contribution in [-0.2, 0) is 6.54 Å². The first-order valence-corrected chi connectivity index (χ1v) is 8.33. The molecule has 0 aliphatic rings. The van der Waals surface area contributed by atoms with Crippen molar-refractivity contribution in [3.05, 3.63) is 75.6 Å². The molecule has 0 saturated heterocycles. The van der Waals surface area contributed by atoms with Crippen LogP contribution in [0.1, 0.15) is 26.5 Å². The molecular formula is C19H15N3OS. The molecule has 1 heterocycles. The number of benzene rings is 2. The number of nitriles is 1. The Kier molecular flexibility index (Phi) is 4.69. The number of nitrogens with one attached hydrogen (secondary N) is 1. The Morgan fingerprint density at radius 1 is 1.17 bits per heavy atom. The summed E-state index contributed by atoms with van der Waals surface area (Å²) in [7, 11) is 0. The maximum absolute atomic E-state index is 12.1. The fourth-order valence-electron chi connectivity index (χ4n) is 2.27. The SMILES string of the molecule is Cc1nc(-c2ccc(CNC(=O)c3ccc(C#N)cc3)cc2)cs1. The van der Waals surface area contributed by atoms with E-state index in [-0.39, 0.29) is 5.91 Å². The molecular weight excluding hydrogens is 318 g/mol. The van der Waals surface area contributed by atoms with E-state index in [4.69, 9.17) is 5.26 Å². The Bertz CT molecular complexity index is 890. The van der Waals surface area contributed by atoms with Crippen LogP contribution in [0.2, 0.25) is 0 Å². The summed E-state index contributed by atoms with van der Waals surface area (Å²) in [5, 5.41) is 14.7. The second-order valence-electron chi connectivity index (χ2n) is 5.32. The van der Waals surface area contributed by atoms with Gasteiger partial charge in [0.1, 0.15) is 0 Å². The normalized spacial score (nSPS) is 10.2. The number of aryl methyl sites for hydroxylation is 1. The molecule has 0 unspecified atom stereocenters. The zero-order valence-electron chi connectivity index (χ0n) is 13.1. The van der Waals surface area contributed by atoms with E-state index in [1.807, 2.05) is 42.6 Å². The third-order valence-electron chi connectivity index (χ3n) is 3.60. The predicted octanol–water partition coefficient (Wildman–Crippen LogP) is 3.92. The third kappa shape index (κ3) is 3.67. The van der Waals surface area contributed by atoms with Crippen LogP contribution in [0.4, 0.5) is 0 Å². The Morgan fingerprint density at radius 3 is 2.46 bits per heavy atom. The maximum Gasteiger partial charge on any atom is 0.251 e. The van der Waals surface area contributed by atoms with Gasteiger partial charge >= 0.3 is 0 Å². The summed E-state index contributed by atoms with van der Waals surface area (Å²) in [6, 6.07) is 16.6. The third-order valence-corrected chi connectivity index (χ3v) is 4.37. The van der Waals surface area contributed by atoms with Gasteiger partial charge in [0.15, 0.2) is 0 Å². The maximum atomic E-state index is 12.1. The molecule has 1 N–H and O–H groups in total. The van der Waals surface area contributed by atoms with Gasteiger partial charge in [-0.05, 0) is 36.8 Å². The molecule has 0 radical (unpaired) electrons. The number of hydrogen-bond acceptors (Lipinski definition) is 4. The van der Waals surface area contributed by atoms with Crippen LogP contribution in [-0.4, -0.2) is 10.9 Å². The van der Waals surface area contributed by atoms with Crippen LogP contribution in [0.3, 0.4) is 0 Å². The average Bonchev–Trinajstić information content (AvgIpc) is 3.06. The van der Waals surface area contributed by atoms with Crippen molar-refractivity contribution in [3.63, 3.8) is 0 Å². The van der Waals surface area contributed by atoms with Crippen molar-refractivity contribution < 1.29 is 4.79 Å². The Labute approximate surface area is 144 Å². The van der Waals surface area contributed by atoms with E-state index in [1.54, 1.807) is 35.6 Å². The van der Waals surface area contributed by atoms with Crippen LogP contribution in [0, 0.1) is 18.3 Å². The van der Waals surface area contributed by atoms with Crippen LogP contribution in [0.5, 0.6) is 0 Å². The molecule has 3 rings (SSSR count). The summed E-state index contributed by atoms with van der Waals surface area (Å²) < 4.78 is 0. The Hall–Kier alpha value is -2.97. The highest BCUT2D eigenvalue weighted by Crippen LogP contribution is 2.21. The van der Waals surface area contributed by atoms with Crippen molar-refractivity contribution in [2.45, 2.75) is 13.5 Å². The highest BCUT2D eigenvalue weighted by molar-refractivity contribution is 7.09. The molecule has 118 valence electrons. The minimum Gasteiger partial charge on any atom is -0.348 e. The highest BCUT2D eigenvalue weighted by atomic mass is 32.1. The molecule has 1 aromatic heterocycles. The molecule has 2 aromatic carbocycles. The largest absolute Gasteiger partial charge is 0.348 e. The van der Waals surface area contributed by atoms with Crippen molar-refractivity contribution in [2.75, 3.05) is 0 Å². The van der Waals surface area contributed by atoms with Crippen molar-refractivity contribution in [2.24, 2.45) is 0 Å². The Morgan fingerprint density at radius 2 is 1.88 bits per heavy atom. The monoisotopic (exact) mass is 333 g/mol. The van der Waals surface area contributed by atoms with Gasteiger partial charge in [-0.3, -0.25) is 4.79 Å². The number of hydrogen-bond donors (Lipinski definition) is 1. The van der Waals surface area contributed by atoms with Crippen LogP contribution >= 0.6 is 11.3 Å². The molecule has 0 fully saturated rings. The van der Waals surface area contributed by atoms with Gasteiger partial charge < -0.3 is 5.32 Å². The number of aromatic nitrogens is 1. The number of carbonyl (C=O) groups excluding carboxylic acids is 1. The molecule has 3 aromatic rings. The first-order chi connectivity index (χ1) is 11.7. The number of thiazole rings is 1.